The van der Waals surface area contributed by atoms with Gasteiger partial charge in [0.2, 0.25) is 0 Å². The summed E-state index contributed by atoms with van der Waals surface area (Å²) in [5.74, 6) is 4.24. The number of aryl methyl sites for hydroxylation is 2. The van der Waals surface area contributed by atoms with Gasteiger partial charge in [-0.25, -0.2) is 0 Å². The van der Waals surface area contributed by atoms with E-state index in [0.717, 1.165) is 23.0 Å². The van der Waals surface area contributed by atoms with E-state index >= 15 is 0 Å². The maximum atomic E-state index is 7.52. The van der Waals surface area contributed by atoms with Crippen LogP contribution in [0, 0.1) is 13.8 Å². The third-order valence-corrected chi connectivity index (χ3v) is 36.3. The fourth-order valence-electron chi connectivity index (χ4n) is 13.4. The molecule has 0 bridgehead atoms. The SMILES string of the molecule is C.C.Cc1cc(P(c2ccccc2)c2ccccc2)c2c(c1)C(C)(C)c1cc(C(C)(C)C)cc([As](c3ccccc3)c3ccccc3)c1O2.Cc1cc([As](c2ccccc2)c2ccccc2)c2c(c1)C(C)(C)c1cc(C(C)(C)C)cc([As](c3ccccc3)c3ccccc3)c1O2. The van der Waals surface area contributed by atoms with Crippen molar-refractivity contribution in [3.63, 3.8) is 0 Å². The second-order valence-corrected chi connectivity index (χ2v) is 44.0. The molecule has 6 heteroatoms. The normalized spacial score (nSPS) is 13.3. The molecule has 0 N–H and O–H groups in total. The van der Waals surface area contributed by atoms with Crippen molar-refractivity contribution in [2.45, 2.75) is 120 Å². The molecule has 96 heavy (non-hydrogen) atoms. The van der Waals surface area contributed by atoms with Crippen molar-refractivity contribution in [3.8, 4) is 23.0 Å². The van der Waals surface area contributed by atoms with Crippen LogP contribution in [0.1, 0.15) is 129 Å². The Morgan fingerprint density at radius 2 is 0.531 bits per heavy atom. The quantitative estimate of drug-likeness (QED) is 0.0897. The monoisotopic (exact) mass is 1460 g/mol. The molecule has 0 atom stereocenters. The topological polar surface area (TPSA) is 18.5 Å². The van der Waals surface area contributed by atoms with Crippen LogP contribution in [0.25, 0.3) is 0 Å². The first kappa shape index (κ1) is 69.7. The number of ether oxygens (including phenoxy) is 2. The van der Waals surface area contributed by atoms with Gasteiger partial charge in [0, 0.05) is 0 Å². The first-order chi connectivity index (χ1) is 45.3. The molecule has 0 unspecified atom stereocenters. The van der Waals surface area contributed by atoms with Crippen molar-refractivity contribution in [2.75, 3.05) is 0 Å². The van der Waals surface area contributed by atoms with Gasteiger partial charge in [-0.3, -0.25) is 0 Å². The standard InChI is InChI=1S/C44H42As2O.C44H42AsOP.2CH4/c1-31-27-37-41(39(28-31)45(33-19-11-7-12-20-33)34-21-13-8-14-22-34)47-42-38(44(37,5)6)29-32(43(2,3)4)30-40(42)46(35-23-15-9-16-24-35)36-25-17-10-18-26-36;1-31-27-37-42(40(28-31)47(35-23-15-9-16-24-35)36-25-17-10-18-26-36)46-41-38(44(37,5)6)29-32(43(2,3)4)30-39(41)45(33-19-11-7-12-20-33)34-21-13-8-14-22-34;;/h2*7-30H,1-6H3;2*1H4. The Hall–Kier alpha value is -7.65. The van der Waals surface area contributed by atoms with Crippen LogP contribution in [0.15, 0.2) is 291 Å². The Labute approximate surface area is 589 Å². The zero-order chi connectivity index (χ0) is 65.5. The predicted octanol–water partition coefficient (Wildman–Crippen LogP) is 16.0. The molecule has 0 fully saturated rings. The van der Waals surface area contributed by atoms with E-state index in [4.69, 9.17) is 9.47 Å². The fourth-order valence-corrected chi connectivity index (χ4v) is 31.3. The van der Waals surface area contributed by atoms with Gasteiger partial charge >= 0.3 is 580 Å². The van der Waals surface area contributed by atoms with Crippen molar-refractivity contribution < 1.29 is 9.47 Å². The first-order valence-electron chi connectivity index (χ1n) is 32.9. The molecule has 0 spiro atoms. The van der Waals surface area contributed by atoms with Gasteiger partial charge in [0.1, 0.15) is 0 Å². The average molecular weight is 1460 g/mol. The zero-order valence-electron chi connectivity index (χ0n) is 56.3. The van der Waals surface area contributed by atoms with Crippen molar-refractivity contribution in [2.24, 2.45) is 0 Å². The Bertz CT molecular complexity index is 4170. The van der Waals surface area contributed by atoms with Crippen molar-refractivity contribution >= 4 is 107 Å². The summed E-state index contributed by atoms with van der Waals surface area (Å²) in [5.41, 5.74) is 9.91. The third-order valence-electron chi connectivity index (χ3n) is 18.5. The molecular formula is C90H92As3O2P. The van der Waals surface area contributed by atoms with E-state index in [-0.39, 0.29) is 36.5 Å². The number of benzene rings is 12. The van der Waals surface area contributed by atoms with Gasteiger partial charge in [0.15, 0.2) is 0 Å². The van der Waals surface area contributed by atoms with E-state index in [0.29, 0.717) is 0 Å². The molecule has 484 valence electrons. The van der Waals surface area contributed by atoms with Crippen molar-refractivity contribution in [1.82, 2.24) is 0 Å². The summed E-state index contributed by atoms with van der Waals surface area (Å²) in [7, 11) is -0.858. The summed E-state index contributed by atoms with van der Waals surface area (Å²) >= 11 is -6.04. The van der Waals surface area contributed by atoms with Crippen LogP contribution in [-0.4, -0.2) is 44.0 Å². The van der Waals surface area contributed by atoms with Crippen LogP contribution in [0.2, 0.25) is 0 Å². The van der Waals surface area contributed by atoms with Gasteiger partial charge < -0.3 is 0 Å². The summed E-state index contributed by atoms with van der Waals surface area (Å²) < 4.78 is 27.6. The third kappa shape index (κ3) is 13.9. The molecule has 12 aromatic rings. The van der Waals surface area contributed by atoms with Crippen LogP contribution in [0.5, 0.6) is 23.0 Å². The second kappa shape index (κ2) is 28.8. The number of rotatable bonds is 12. The molecule has 12 aromatic carbocycles. The maximum absolute atomic E-state index is 7.52. The minimum atomic E-state index is -2.03. The molecule has 2 aliphatic rings. The summed E-state index contributed by atoms with van der Waals surface area (Å²) in [6, 6.07) is 108. The van der Waals surface area contributed by atoms with Crippen LogP contribution in [0.4, 0.5) is 0 Å². The molecule has 2 nitrogen and oxygen atoms in total. The van der Waals surface area contributed by atoms with Gasteiger partial charge in [-0.2, -0.15) is 0 Å². The van der Waals surface area contributed by atoms with Crippen LogP contribution < -0.4 is 64.5 Å². The molecule has 0 saturated heterocycles. The van der Waals surface area contributed by atoms with Gasteiger partial charge in [0.25, 0.3) is 0 Å². The molecule has 2 heterocycles. The number of hydrogen-bond donors (Lipinski definition) is 0. The average Bonchev–Trinajstić information content (AvgIpc) is 0.722. The Morgan fingerprint density at radius 1 is 0.292 bits per heavy atom. The predicted molar refractivity (Wildman–Crippen MR) is 422 cm³/mol. The molecule has 0 radical (unpaired) electrons. The second-order valence-electron chi connectivity index (χ2n) is 28.0. The first-order valence-corrected chi connectivity index (χ1v) is 42.7. The molecule has 0 saturated carbocycles. The van der Waals surface area contributed by atoms with E-state index in [1.165, 1.54) is 99.6 Å². The summed E-state index contributed by atoms with van der Waals surface area (Å²) in [5, 5.41) is 3.95. The van der Waals surface area contributed by atoms with Gasteiger partial charge in [-0.05, 0) is 0 Å². The van der Waals surface area contributed by atoms with E-state index in [9.17, 15) is 0 Å². The fraction of sp³-hybridized carbons (Fsp3) is 0.200. The van der Waals surface area contributed by atoms with Crippen LogP contribution in [0.3, 0.4) is 0 Å². The van der Waals surface area contributed by atoms with Crippen LogP contribution >= 0.6 is 7.92 Å². The summed E-state index contributed by atoms with van der Waals surface area (Å²) in [6.45, 7) is 28.1. The van der Waals surface area contributed by atoms with E-state index in [1.807, 2.05) is 0 Å². The molecule has 0 amide bonds. The van der Waals surface area contributed by atoms with Gasteiger partial charge in [-0.15, -0.1) is 0 Å². The molecule has 14 rings (SSSR count). The van der Waals surface area contributed by atoms with E-state index in [1.54, 1.807) is 0 Å². The molecule has 0 aromatic heterocycles. The van der Waals surface area contributed by atoms with Crippen LogP contribution in [-0.2, 0) is 21.7 Å². The summed E-state index contributed by atoms with van der Waals surface area (Å²) in [4.78, 5) is 0. The molecular weight excluding hydrogens is 1370 g/mol. The molecule has 2 aliphatic heterocycles. The van der Waals surface area contributed by atoms with Gasteiger partial charge in [-0.1, -0.05) is 14.9 Å². The van der Waals surface area contributed by atoms with E-state index in [2.05, 4.69) is 374 Å². The van der Waals surface area contributed by atoms with Gasteiger partial charge in [0.05, 0.1) is 0 Å². The van der Waals surface area contributed by atoms with E-state index < -0.39 is 51.9 Å². The Morgan fingerprint density at radius 3 is 0.823 bits per heavy atom. The number of fused-ring (bicyclic) bond motifs is 4. The van der Waals surface area contributed by atoms with Crippen molar-refractivity contribution in [1.29, 1.82) is 0 Å². The van der Waals surface area contributed by atoms with Crippen molar-refractivity contribution in [3.05, 3.63) is 336 Å². The Kier molecular flexibility index (Phi) is 20.9. The Balaban J connectivity index is 0.000000191. The summed E-state index contributed by atoms with van der Waals surface area (Å²) in [6.07, 6.45) is 0. The zero-order valence-corrected chi connectivity index (χ0v) is 62.8. The minimum absolute atomic E-state index is 0. The number of hydrogen-bond acceptors (Lipinski definition) is 2. The molecule has 0 aliphatic carbocycles.